The third-order valence-electron chi connectivity index (χ3n) is 3.88. The third kappa shape index (κ3) is 4.07. The Morgan fingerprint density at radius 1 is 1.20 bits per heavy atom. The number of carbonyl (C=O) groups is 1. The van der Waals surface area contributed by atoms with Crippen LogP contribution in [0.1, 0.15) is 10.4 Å². The maximum Gasteiger partial charge on any atom is 0.270 e. The van der Waals surface area contributed by atoms with Crippen LogP contribution in [0.5, 0.6) is 0 Å². The van der Waals surface area contributed by atoms with Crippen molar-refractivity contribution in [2.24, 2.45) is 0 Å². The molecular weight excluding hydrogens is 346 g/mol. The minimum atomic E-state index is -0.530. The van der Waals surface area contributed by atoms with Gasteiger partial charge < -0.3 is 15.0 Å². The standard InChI is InChI=1S/C17H16ClN3O4/c18-13-4-5-15(16(11-13)20-6-8-25-9-7-20)19-17(22)12-2-1-3-14(10-12)21(23)24/h1-5,10-11H,6-9H2,(H,19,22). The number of nitro groups is 1. The molecule has 8 heteroatoms. The van der Waals surface area contributed by atoms with Gasteiger partial charge in [0.1, 0.15) is 0 Å². The molecule has 0 spiro atoms. The van der Waals surface area contributed by atoms with E-state index in [1.807, 2.05) is 0 Å². The Labute approximate surface area is 149 Å². The van der Waals surface area contributed by atoms with Crippen molar-refractivity contribution < 1.29 is 14.5 Å². The lowest BCUT2D eigenvalue weighted by molar-refractivity contribution is -0.384. The molecule has 0 bridgehead atoms. The quantitative estimate of drug-likeness (QED) is 0.667. The molecule has 0 radical (unpaired) electrons. The van der Waals surface area contributed by atoms with Gasteiger partial charge in [-0.25, -0.2) is 0 Å². The van der Waals surface area contributed by atoms with E-state index in [9.17, 15) is 14.9 Å². The van der Waals surface area contributed by atoms with Crippen molar-refractivity contribution in [3.8, 4) is 0 Å². The second kappa shape index (κ2) is 7.50. The number of nitrogens with zero attached hydrogens (tertiary/aromatic N) is 2. The highest BCUT2D eigenvalue weighted by Gasteiger charge is 2.18. The summed E-state index contributed by atoms with van der Waals surface area (Å²) >= 11 is 6.10. The summed E-state index contributed by atoms with van der Waals surface area (Å²) in [4.78, 5) is 24.9. The summed E-state index contributed by atoms with van der Waals surface area (Å²) in [5.41, 5.74) is 1.49. The Hall–Kier alpha value is -2.64. The maximum absolute atomic E-state index is 12.5. The number of nitro benzene ring substituents is 1. The van der Waals surface area contributed by atoms with Gasteiger partial charge in [0.25, 0.3) is 11.6 Å². The van der Waals surface area contributed by atoms with Gasteiger partial charge in [0, 0.05) is 35.8 Å². The Balaban J connectivity index is 1.86. The molecule has 2 aromatic carbocycles. The molecule has 1 saturated heterocycles. The number of halogens is 1. The molecule has 1 heterocycles. The van der Waals surface area contributed by atoms with Crippen molar-refractivity contribution in [2.75, 3.05) is 36.5 Å². The van der Waals surface area contributed by atoms with E-state index in [2.05, 4.69) is 10.2 Å². The predicted molar refractivity (Wildman–Crippen MR) is 95.5 cm³/mol. The maximum atomic E-state index is 12.5. The first-order valence-electron chi connectivity index (χ1n) is 7.72. The van der Waals surface area contributed by atoms with Gasteiger partial charge in [-0.1, -0.05) is 17.7 Å². The van der Waals surface area contributed by atoms with Crippen LogP contribution in [-0.4, -0.2) is 37.1 Å². The van der Waals surface area contributed by atoms with Crippen LogP contribution in [0.25, 0.3) is 0 Å². The lowest BCUT2D eigenvalue weighted by Crippen LogP contribution is -2.36. The van der Waals surface area contributed by atoms with Gasteiger partial charge in [-0.3, -0.25) is 14.9 Å². The summed E-state index contributed by atoms with van der Waals surface area (Å²) in [6.45, 7) is 2.59. The molecule has 130 valence electrons. The molecular formula is C17H16ClN3O4. The average Bonchev–Trinajstić information content (AvgIpc) is 2.64. The number of nitrogens with one attached hydrogen (secondary N) is 1. The number of benzene rings is 2. The first kappa shape index (κ1) is 17.2. The monoisotopic (exact) mass is 361 g/mol. The average molecular weight is 362 g/mol. The molecule has 0 aromatic heterocycles. The van der Waals surface area contributed by atoms with Gasteiger partial charge in [-0.15, -0.1) is 0 Å². The van der Waals surface area contributed by atoms with Crippen molar-refractivity contribution in [1.29, 1.82) is 0 Å². The lowest BCUT2D eigenvalue weighted by Gasteiger charge is -2.30. The number of rotatable bonds is 4. The summed E-state index contributed by atoms with van der Waals surface area (Å²) < 4.78 is 5.35. The molecule has 1 aliphatic rings. The summed E-state index contributed by atoms with van der Waals surface area (Å²) in [7, 11) is 0. The first-order valence-corrected chi connectivity index (χ1v) is 8.10. The Kier molecular flexibility index (Phi) is 5.16. The minimum absolute atomic E-state index is 0.128. The molecule has 2 aromatic rings. The molecule has 0 aliphatic carbocycles. The summed E-state index contributed by atoms with van der Waals surface area (Å²) in [5, 5.41) is 14.3. The number of non-ortho nitro benzene ring substituents is 1. The van der Waals surface area contributed by atoms with E-state index >= 15 is 0 Å². The van der Waals surface area contributed by atoms with Gasteiger partial charge in [-0.2, -0.15) is 0 Å². The summed E-state index contributed by atoms with van der Waals surface area (Å²) in [6.07, 6.45) is 0. The van der Waals surface area contributed by atoms with Crippen LogP contribution in [-0.2, 0) is 4.74 Å². The number of amides is 1. The molecule has 0 saturated carbocycles. The van der Waals surface area contributed by atoms with Gasteiger partial charge >= 0.3 is 0 Å². The third-order valence-corrected chi connectivity index (χ3v) is 4.11. The molecule has 3 rings (SSSR count). The Morgan fingerprint density at radius 3 is 2.68 bits per heavy atom. The molecule has 25 heavy (non-hydrogen) atoms. The summed E-state index contributed by atoms with van der Waals surface area (Å²) in [5.74, 6) is -0.416. The van der Waals surface area contributed by atoms with Crippen molar-refractivity contribution in [3.63, 3.8) is 0 Å². The van der Waals surface area contributed by atoms with E-state index in [-0.39, 0.29) is 11.3 Å². The Bertz CT molecular complexity index is 806. The van der Waals surface area contributed by atoms with E-state index in [1.54, 1.807) is 18.2 Å². The number of anilines is 2. The molecule has 7 nitrogen and oxygen atoms in total. The van der Waals surface area contributed by atoms with E-state index in [4.69, 9.17) is 16.3 Å². The van der Waals surface area contributed by atoms with Crippen molar-refractivity contribution in [3.05, 3.63) is 63.2 Å². The topological polar surface area (TPSA) is 84.7 Å². The zero-order valence-corrected chi connectivity index (χ0v) is 14.0. The fourth-order valence-electron chi connectivity index (χ4n) is 2.63. The van der Waals surface area contributed by atoms with E-state index < -0.39 is 10.8 Å². The highest BCUT2D eigenvalue weighted by Crippen LogP contribution is 2.30. The Morgan fingerprint density at radius 2 is 1.96 bits per heavy atom. The largest absolute Gasteiger partial charge is 0.378 e. The van der Waals surface area contributed by atoms with Crippen LogP contribution in [0.2, 0.25) is 5.02 Å². The number of morpholine rings is 1. The number of hydrogen-bond donors (Lipinski definition) is 1. The molecule has 0 unspecified atom stereocenters. The van der Waals surface area contributed by atoms with E-state index in [0.29, 0.717) is 37.0 Å². The fourth-order valence-corrected chi connectivity index (χ4v) is 2.80. The molecule has 1 fully saturated rings. The van der Waals surface area contributed by atoms with Crippen LogP contribution < -0.4 is 10.2 Å². The minimum Gasteiger partial charge on any atom is -0.378 e. The van der Waals surface area contributed by atoms with Crippen molar-refractivity contribution in [2.45, 2.75) is 0 Å². The summed E-state index contributed by atoms with van der Waals surface area (Å²) in [6, 6.07) is 10.8. The molecule has 1 N–H and O–H groups in total. The van der Waals surface area contributed by atoms with Crippen molar-refractivity contribution >= 4 is 34.6 Å². The highest BCUT2D eigenvalue weighted by molar-refractivity contribution is 6.31. The zero-order valence-electron chi connectivity index (χ0n) is 13.3. The fraction of sp³-hybridized carbons (Fsp3) is 0.235. The van der Waals surface area contributed by atoms with Gasteiger partial charge in [-0.05, 0) is 24.3 Å². The SMILES string of the molecule is O=C(Nc1ccc(Cl)cc1N1CCOCC1)c1cccc([N+](=O)[O-])c1. The molecule has 0 atom stereocenters. The highest BCUT2D eigenvalue weighted by atomic mass is 35.5. The van der Waals surface area contributed by atoms with E-state index in [0.717, 1.165) is 5.69 Å². The van der Waals surface area contributed by atoms with E-state index in [1.165, 1.54) is 24.3 Å². The van der Waals surface area contributed by atoms with Crippen LogP contribution in [0.3, 0.4) is 0 Å². The number of ether oxygens (including phenoxy) is 1. The molecule has 1 amide bonds. The number of hydrogen-bond acceptors (Lipinski definition) is 5. The second-order valence-corrected chi connectivity index (χ2v) is 5.96. The lowest BCUT2D eigenvalue weighted by atomic mass is 10.1. The van der Waals surface area contributed by atoms with Gasteiger partial charge in [0.2, 0.25) is 0 Å². The van der Waals surface area contributed by atoms with Gasteiger partial charge in [0.15, 0.2) is 0 Å². The number of carbonyl (C=O) groups excluding carboxylic acids is 1. The predicted octanol–water partition coefficient (Wildman–Crippen LogP) is 3.34. The normalized spacial score (nSPS) is 14.2. The first-order chi connectivity index (χ1) is 12.0. The van der Waals surface area contributed by atoms with Crippen LogP contribution in [0.4, 0.5) is 17.1 Å². The van der Waals surface area contributed by atoms with Crippen molar-refractivity contribution in [1.82, 2.24) is 0 Å². The van der Waals surface area contributed by atoms with Crippen LogP contribution in [0, 0.1) is 10.1 Å². The second-order valence-electron chi connectivity index (χ2n) is 5.52. The van der Waals surface area contributed by atoms with Gasteiger partial charge in [0.05, 0.1) is 29.5 Å². The van der Waals surface area contributed by atoms with Crippen LogP contribution in [0.15, 0.2) is 42.5 Å². The molecule has 1 aliphatic heterocycles. The van der Waals surface area contributed by atoms with Crippen LogP contribution >= 0.6 is 11.6 Å². The zero-order chi connectivity index (χ0) is 17.8. The smallest absolute Gasteiger partial charge is 0.270 e.